The molecule has 0 spiro atoms. The zero-order valence-corrected chi connectivity index (χ0v) is 10.1. The minimum atomic E-state index is -0.199. The number of nitrogens with one attached hydrogen (secondary N) is 1. The van der Waals surface area contributed by atoms with Crippen molar-refractivity contribution in [3.8, 4) is 0 Å². The summed E-state index contributed by atoms with van der Waals surface area (Å²) in [6.45, 7) is 1.74. The van der Waals surface area contributed by atoms with Gasteiger partial charge in [0.1, 0.15) is 10.4 Å². The molecule has 0 saturated carbocycles. The highest BCUT2D eigenvalue weighted by Crippen LogP contribution is 2.14. The highest BCUT2D eigenvalue weighted by molar-refractivity contribution is 9.10. The molecule has 2 heterocycles. The van der Waals surface area contributed by atoms with Crippen LogP contribution < -0.4 is 5.32 Å². The number of carbonyl (C=O) groups is 1. The number of anilines is 1. The van der Waals surface area contributed by atoms with Gasteiger partial charge in [0.25, 0.3) is 5.91 Å². The van der Waals surface area contributed by atoms with E-state index in [-0.39, 0.29) is 5.91 Å². The lowest BCUT2D eigenvalue weighted by atomic mass is 10.2. The third kappa shape index (κ3) is 2.30. The van der Waals surface area contributed by atoms with E-state index in [1.165, 1.54) is 6.26 Å². The van der Waals surface area contributed by atoms with Gasteiger partial charge in [-0.1, -0.05) is 0 Å². The fourth-order valence-electron chi connectivity index (χ4n) is 1.27. The molecule has 0 atom stereocenters. The van der Waals surface area contributed by atoms with Crippen molar-refractivity contribution >= 4 is 27.5 Å². The minimum Gasteiger partial charge on any atom is -0.469 e. The van der Waals surface area contributed by atoms with Crippen molar-refractivity contribution in [1.29, 1.82) is 0 Å². The number of aryl methyl sites for hydroxylation is 1. The van der Waals surface area contributed by atoms with E-state index in [1.54, 1.807) is 31.3 Å². The van der Waals surface area contributed by atoms with Crippen molar-refractivity contribution in [1.82, 2.24) is 4.98 Å². The molecule has 0 bridgehead atoms. The molecule has 82 valence electrons. The van der Waals surface area contributed by atoms with Crippen LogP contribution in [0.3, 0.4) is 0 Å². The molecule has 0 saturated heterocycles. The predicted octanol–water partition coefficient (Wildman–Crippen LogP) is 3.00. The van der Waals surface area contributed by atoms with Crippen LogP contribution in [0.2, 0.25) is 0 Å². The Morgan fingerprint density at radius 2 is 2.25 bits per heavy atom. The molecule has 1 N–H and O–H groups in total. The Hall–Kier alpha value is -1.62. The van der Waals surface area contributed by atoms with E-state index >= 15 is 0 Å². The molecular weight excluding hydrogens is 272 g/mol. The zero-order chi connectivity index (χ0) is 11.5. The Morgan fingerprint density at radius 3 is 2.81 bits per heavy atom. The van der Waals surface area contributed by atoms with Gasteiger partial charge in [-0.25, -0.2) is 4.98 Å². The predicted molar refractivity (Wildman–Crippen MR) is 63.3 cm³/mol. The second-order valence-corrected chi connectivity index (χ2v) is 4.03. The minimum absolute atomic E-state index is 0.199. The lowest BCUT2D eigenvalue weighted by Gasteiger charge is -2.03. The summed E-state index contributed by atoms with van der Waals surface area (Å²) in [7, 11) is 0. The molecule has 1 amide bonds. The van der Waals surface area contributed by atoms with Crippen LogP contribution in [0.5, 0.6) is 0 Å². The van der Waals surface area contributed by atoms with Crippen LogP contribution in [-0.4, -0.2) is 10.9 Å². The van der Waals surface area contributed by atoms with Crippen molar-refractivity contribution in [3.05, 3.63) is 46.6 Å². The van der Waals surface area contributed by atoms with Crippen LogP contribution in [0.15, 0.2) is 39.7 Å². The summed E-state index contributed by atoms with van der Waals surface area (Å²) >= 11 is 3.22. The first-order valence-corrected chi connectivity index (χ1v) is 5.43. The first-order valence-electron chi connectivity index (χ1n) is 4.64. The van der Waals surface area contributed by atoms with Gasteiger partial charge in [0, 0.05) is 0 Å². The summed E-state index contributed by atoms with van der Waals surface area (Å²) in [6.07, 6.45) is 3.07. The molecule has 0 aliphatic heterocycles. The first kappa shape index (κ1) is 10.9. The molecule has 2 aromatic heterocycles. The number of aromatic nitrogens is 1. The molecule has 4 nitrogen and oxygen atoms in total. The topological polar surface area (TPSA) is 55.1 Å². The van der Waals surface area contributed by atoms with E-state index < -0.39 is 0 Å². The Kier molecular flexibility index (Phi) is 3.05. The zero-order valence-electron chi connectivity index (χ0n) is 8.53. The van der Waals surface area contributed by atoms with Crippen molar-refractivity contribution in [2.75, 3.05) is 5.32 Å². The molecule has 2 rings (SSSR count). The average Bonchev–Trinajstić information content (AvgIpc) is 2.68. The number of carbonyl (C=O) groups excluding carboxylic acids is 1. The molecular formula is C11H9BrN2O2. The SMILES string of the molecule is Cc1occc1C(=O)Nc1ccc(Br)nc1. The number of furan rings is 1. The van der Waals surface area contributed by atoms with E-state index in [0.717, 1.165) is 4.60 Å². The van der Waals surface area contributed by atoms with E-state index in [0.29, 0.717) is 17.0 Å². The van der Waals surface area contributed by atoms with Gasteiger partial charge in [0.15, 0.2) is 0 Å². The third-order valence-electron chi connectivity index (χ3n) is 2.09. The monoisotopic (exact) mass is 280 g/mol. The van der Waals surface area contributed by atoms with Crippen LogP contribution in [-0.2, 0) is 0 Å². The molecule has 2 aromatic rings. The van der Waals surface area contributed by atoms with Crippen molar-refractivity contribution in [2.24, 2.45) is 0 Å². The van der Waals surface area contributed by atoms with Crippen LogP contribution in [0.25, 0.3) is 0 Å². The molecule has 0 aromatic carbocycles. The summed E-state index contributed by atoms with van der Waals surface area (Å²) < 4.78 is 5.79. The molecule has 0 radical (unpaired) electrons. The van der Waals surface area contributed by atoms with Gasteiger partial charge in [0.05, 0.1) is 23.7 Å². The van der Waals surface area contributed by atoms with E-state index in [2.05, 4.69) is 26.2 Å². The Labute approximate surface area is 101 Å². The Bertz CT molecular complexity index is 505. The molecule has 5 heteroatoms. The number of hydrogen-bond donors (Lipinski definition) is 1. The quantitative estimate of drug-likeness (QED) is 0.861. The van der Waals surface area contributed by atoms with Gasteiger partial charge in [-0.3, -0.25) is 4.79 Å². The van der Waals surface area contributed by atoms with E-state index in [4.69, 9.17) is 4.42 Å². The van der Waals surface area contributed by atoms with E-state index in [9.17, 15) is 4.79 Å². The largest absolute Gasteiger partial charge is 0.469 e. The van der Waals surface area contributed by atoms with Gasteiger partial charge in [0.2, 0.25) is 0 Å². The average molecular weight is 281 g/mol. The summed E-state index contributed by atoms with van der Waals surface area (Å²) in [5.74, 6) is 0.401. The molecule has 0 unspecified atom stereocenters. The summed E-state index contributed by atoms with van der Waals surface area (Å²) in [5.41, 5.74) is 1.18. The maximum absolute atomic E-state index is 11.8. The maximum Gasteiger partial charge on any atom is 0.259 e. The van der Waals surface area contributed by atoms with Crippen LogP contribution in [0.1, 0.15) is 16.1 Å². The van der Waals surface area contributed by atoms with Crippen LogP contribution in [0.4, 0.5) is 5.69 Å². The molecule has 0 aliphatic carbocycles. The lowest BCUT2D eigenvalue weighted by molar-refractivity contribution is 0.102. The number of nitrogens with zero attached hydrogens (tertiary/aromatic N) is 1. The van der Waals surface area contributed by atoms with Gasteiger partial charge in [-0.15, -0.1) is 0 Å². The summed E-state index contributed by atoms with van der Waals surface area (Å²) in [4.78, 5) is 15.8. The van der Waals surface area contributed by atoms with Gasteiger partial charge in [-0.2, -0.15) is 0 Å². The lowest BCUT2D eigenvalue weighted by Crippen LogP contribution is -2.12. The van der Waals surface area contributed by atoms with Crippen LogP contribution >= 0.6 is 15.9 Å². The maximum atomic E-state index is 11.8. The highest BCUT2D eigenvalue weighted by Gasteiger charge is 2.11. The molecule has 0 aliphatic rings. The van der Waals surface area contributed by atoms with Gasteiger partial charge >= 0.3 is 0 Å². The normalized spacial score (nSPS) is 10.1. The molecule has 0 fully saturated rings. The second-order valence-electron chi connectivity index (χ2n) is 3.21. The summed E-state index contributed by atoms with van der Waals surface area (Å²) in [5, 5.41) is 2.73. The number of amides is 1. The fraction of sp³-hybridized carbons (Fsp3) is 0.0909. The number of halogens is 1. The smallest absolute Gasteiger partial charge is 0.259 e. The molecule has 16 heavy (non-hydrogen) atoms. The van der Waals surface area contributed by atoms with Crippen molar-refractivity contribution in [3.63, 3.8) is 0 Å². The Balaban J connectivity index is 2.14. The van der Waals surface area contributed by atoms with Gasteiger partial charge < -0.3 is 9.73 Å². The van der Waals surface area contributed by atoms with Gasteiger partial charge in [-0.05, 0) is 41.1 Å². The number of pyridine rings is 1. The number of hydrogen-bond acceptors (Lipinski definition) is 3. The van der Waals surface area contributed by atoms with Crippen molar-refractivity contribution in [2.45, 2.75) is 6.92 Å². The first-order chi connectivity index (χ1) is 7.66. The van der Waals surface area contributed by atoms with E-state index in [1.807, 2.05) is 0 Å². The highest BCUT2D eigenvalue weighted by atomic mass is 79.9. The van der Waals surface area contributed by atoms with Crippen LogP contribution in [0, 0.1) is 6.92 Å². The summed E-state index contributed by atoms with van der Waals surface area (Å²) in [6, 6.07) is 5.17. The standard InChI is InChI=1S/C11H9BrN2O2/c1-7-9(4-5-16-7)11(15)14-8-2-3-10(12)13-6-8/h2-6H,1H3,(H,14,15). The Morgan fingerprint density at radius 1 is 1.44 bits per heavy atom. The third-order valence-corrected chi connectivity index (χ3v) is 2.56. The van der Waals surface area contributed by atoms with Crippen molar-refractivity contribution < 1.29 is 9.21 Å². The second kappa shape index (κ2) is 4.49. The fourth-order valence-corrected chi connectivity index (χ4v) is 1.50. The number of rotatable bonds is 2.